The van der Waals surface area contributed by atoms with Gasteiger partial charge in [0.15, 0.2) is 0 Å². The highest BCUT2D eigenvalue weighted by molar-refractivity contribution is 7.00. The molecule has 4 heteroatoms. The van der Waals surface area contributed by atoms with Crippen LogP contribution in [0, 0.1) is 0 Å². The van der Waals surface area contributed by atoms with E-state index in [0.717, 1.165) is 17.1 Å². The summed E-state index contributed by atoms with van der Waals surface area (Å²) in [6.07, 6.45) is 0. The maximum absolute atomic E-state index is 2.61. The fourth-order valence-corrected chi connectivity index (χ4v) is 14.8. The van der Waals surface area contributed by atoms with Gasteiger partial charge in [-0.1, -0.05) is 279 Å². The molecule has 90 heavy (non-hydrogen) atoms. The van der Waals surface area contributed by atoms with Crippen molar-refractivity contribution in [1.82, 2.24) is 4.57 Å². The minimum atomic E-state index is -0.301. The molecule has 11 aromatic carbocycles. The fraction of sp³-hybridized carbons (Fsp3) is 0.233. The minimum Gasteiger partial charge on any atom is -0.311 e. The van der Waals surface area contributed by atoms with Gasteiger partial charge >= 0.3 is 0 Å². The molecule has 3 nitrogen and oxygen atoms in total. The average Bonchev–Trinajstić information content (AvgIpc) is 0.852. The van der Waals surface area contributed by atoms with Crippen LogP contribution in [0.2, 0.25) is 0 Å². The number of anilines is 6. The molecule has 1 aromatic heterocycles. The molecule has 0 radical (unpaired) electrons. The Labute approximate surface area is 535 Å². The van der Waals surface area contributed by atoms with Gasteiger partial charge in [-0.15, -0.1) is 0 Å². The van der Waals surface area contributed by atoms with Crippen LogP contribution in [-0.4, -0.2) is 11.3 Å². The van der Waals surface area contributed by atoms with E-state index in [1.54, 1.807) is 0 Å². The summed E-state index contributed by atoms with van der Waals surface area (Å²) in [6.45, 7) is 32.8. The molecule has 446 valence electrons. The average molecular weight is 1170 g/mol. The summed E-state index contributed by atoms with van der Waals surface area (Å²) in [5.74, 6) is 0. The van der Waals surface area contributed by atoms with E-state index in [2.05, 4.69) is 366 Å². The van der Waals surface area contributed by atoms with Crippen LogP contribution in [0.25, 0.3) is 27.5 Å². The SMILES string of the molecule is CC(C)(C)c1ccc2c(c1)c1cc(C(C)(C)C)ccc1n2-c1cc2c3c(c1)N(c1ccc(C(C)(C)c4ccccc4)cc1)c1ccc(C(C)(C)c4ccccc4)cc1B3c1cc(C(C)(C)c3ccccc3)ccc1N2c1ccc(C(C)(C)c2ccccc2)cc1. The lowest BCUT2D eigenvalue weighted by molar-refractivity contribution is 0.590. The molecule has 3 heterocycles. The second kappa shape index (κ2) is 21.3. The van der Waals surface area contributed by atoms with Crippen LogP contribution in [0.5, 0.6) is 0 Å². The van der Waals surface area contributed by atoms with Gasteiger partial charge in [-0.2, -0.15) is 0 Å². The fourth-order valence-electron chi connectivity index (χ4n) is 14.8. The molecule has 0 saturated heterocycles. The normalized spacial score (nSPS) is 13.6. The van der Waals surface area contributed by atoms with Gasteiger partial charge in [0.2, 0.25) is 0 Å². The molecule has 2 aliphatic heterocycles. The molecule has 0 aliphatic carbocycles. The highest BCUT2D eigenvalue weighted by Gasteiger charge is 2.46. The quantitative estimate of drug-likeness (QED) is 0.120. The minimum absolute atomic E-state index is 0.0406. The first-order valence-electron chi connectivity index (χ1n) is 32.5. The first-order valence-corrected chi connectivity index (χ1v) is 32.5. The van der Waals surface area contributed by atoms with Crippen LogP contribution in [0.1, 0.15) is 153 Å². The van der Waals surface area contributed by atoms with Crippen molar-refractivity contribution in [3.05, 3.63) is 310 Å². The zero-order valence-corrected chi connectivity index (χ0v) is 55.2. The number of hydrogen-bond donors (Lipinski definition) is 0. The van der Waals surface area contributed by atoms with Crippen molar-refractivity contribution < 1.29 is 0 Å². The summed E-state index contributed by atoms with van der Waals surface area (Å²) >= 11 is 0. The Morgan fingerprint density at radius 2 is 0.533 bits per heavy atom. The molecule has 0 unspecified atom stereocenters. The first kappa shape index (κ1) is 58.6. The van der Waals surface area contributed by atoms with E-state index in [1.807, 2.05) is 0 Å². The molecule has 0 spiro atoms. The van der Waals surface area contributed by atoms with Gasteiger partial charge in [-0.3, -0.25) is 0 Å². The summed E-state index contributed by atoms with van der Waals surface area (Å²) < 4.78 is 2.57. The smallest absolute Gasteiger partial charge is 0.252 e. The zero-order chi connectivity index (χ0) is 62.9. The lowest BCUT2D eigenvalue weighted by Gasteiger charge is -2.45. The van der Waals surface area contributed by atoms with Crippen LogP contribution in [0.4, 0.5) is 34.1 Å². The first-order chi connectivity index (χ1) is 42.9. The second-order valence-electron chi connectivity index (χ2n) is 29.9. The maximum atomic E-state index is 2.61. The Morgan fingerprint density at radius 3 is 0.856 bits per heavy atom. The van der Waals surface area contributed by atoms with E-state index in [1.165, 1.54) is 117 Å². The van der Waals surface area contributed by atoms with Gasteiger partial charge in [0, 0.05) is 66.6 Å². The molecular weight excluding hydrogens is 1090 g/mol. The second-order valence-corrected chi connectivity index (χ2v) is 29.9. The highest BCUT2D eigenvalue weighted by atomic mass is 15.2. The molecule has 0 fully saturated rings. The maximum Gasteiger partial charge on any atom is 0.252 e. The molecule has 2 aliphatic rings. The number of hydrogen-bond acceptors (Lipinski definition) is 2. The number of rotatable bonds is 11. The van der Waals surface area contributed by atoms with Crippen molar-refractivity contribution in [3.63, 3.8) is 0 Å². The Balaban J connectivity index is 1.10. The largest absolute Gasteiger partial charge is 0.311 e. The predicted octanol–water partition coefficient (Wildman–Crippen LogP) is 20.8. The van der Waals surface area contributed by atoms with Crippen LogP contribution in [0.3, 0.4) is 0 Å². The van der Waals surface area contributed by atoms with Crippen molar-refractivity contribution in [1.29, 1.82) is 0 Å². The van der Waals surface area contributed by atoms with Crippen LogP contribution < -0.4 is 26.2 Å². The van der Waals surface area contributed by atoms with E-state index >= 15 is 0 Å². The molecule has 12 aromatic rings. The lowest BCUT2D eigenvalue weighted by atomic mass is 9.33. The van der Waals surface area contributed by atoms with E-state index in [0.29, 0.717) is 0 Å². The molecular formula is C86H84BN3. The van der Waals surface area contributed by atoms with E-state index in [9.17, 15) is 0 Å². The van der Waals surface area contributed by atoms with Gasteiger partial charge in [0.25, 0.3) is 6.71 Å². The third-order valence-electron chi connectivity index (χ3n) is 20.9. The Kier molecular flexibility index (Phi) is 13.8. The summed E-state index contributed by atoms with van der Waals surface area (Å²) in [4.78, 5) is 5.23. The van der Waals surface area contributed by atoms with Gasteiger partial charge in [0.05, 0.1) is 16.7 Å². The van der Waals surface area contributed by atoms with Crippen molar-refractivity contribution in [3.8, 4) is 5.69 Å². The van der Waals surface area contributed by atoms with Gasteiger partial charge in [0.1, 0.15) is 0 Å². The number of nitrogens with zero attached hydrogens (tertiary/aromatic N) is 3. The van der Waals surface area contributed by atoms with Gasteiger partial charge in [-0.05, 0) is 156 Å². The Hall–Kier alpha value is -9.12. The van der Waals surface area contributed by atoms with Crippen molar-refractivity contribution in [2.24, 2.45) is 0 Å². The summed E-state index contributed by atoms with van der Waals surface area (Å²) in [5, 5.41) is 2.54. The van der Waals surface area contributed by atoms with Crippen LogP contribution in [-0.2, 0) is 32.5 Å². The topological polar surface area (TPSA) is 11.4 Å². The third-order valence-corrected chi connectivity index (χ3v) is 20.9. The van der Waals surface area contributed by atoms with Gasteiger partial charge < -0.3 is 14.4 Å². The van der Waals surface area contributed by atoms with E-state index < -0.39 is 0 Å². The Morgan fingerprint density at radius 1 is 0.244 bits per heavy atom. The van der Waals surface area contributed by atoms with Crippen LogP contribution >= 0.6 is 0 Å². The zero-order valence-electron chi connectivity index (χ0n) is 55.2. The van der Waals surface area contributed by atoms with Crippen molar-refractivity contribution in [2.45, 2.75) is 129 Å². The Bertz CT molecular complexity index is 4400. The summed E-state index contributed by atoms with van der Waals surface area (Å²) in [7, 11) is 0. The van der Waals surface area contributed by atoms with Crippen molar-refractivity contribution >= 4 is 79.0 Å². The van der Waals surface area contributed by atoms with Crippen LogP contribution in [0.15, 0.2) is 255 Å². The molecule has 0 N–H and O–H groups in total. The number of fused-ring (bicyclic) bond motifs is 7. The summed E-state index contributed by atoms with van der Waals surface area (Å²) in [5.41, 5.74) is 26.1. The molecule has 0 amide bonds. The standard InChI is InChI=1S/C86H84BN3/c1-81(2,3)63-39-47-74-70(51-63)71-52-64(82(4,5)6)40-48-75(71)90(74)69-55-78-80-79(56-69)89(68-45-37-62(38-46-68)84(9,10)58-29-21-16-22-30-58)77-50-42-66(86(13,14)60-33-25-18-26-34-60)54-73(77)87(80)72-53-65(85(11,12)59-31-23-17-24-32-59)41-49-76(72)88(78)67-43-35-61(36-44-67)83(7,8)57-27-19-15-20-28-57/h15-56H,1-14H3. The van der Waals surface area contributed by atoms with Crippen molar-refractivity contribution in [2.75, 3.05) is 9.80 Å². The van der Waals surface area contributed by atoms with E-state index in [-0.39, 0.29) is 39.2 Å². The molecule has 14 rings (SSSR count). The third kappa shape index (κ3) is 9.63. The molecule has 0 bridgehead atoms. The molecule has 0 atom stereocenters. The number of aromatic nitrogens is 1. The van der Waals surface area contributed by atoms with E-state index in [4.69, 9.17) is 0 Å². The molecule has 0 saturated carbocycles. The summed E-state index contributed by atoms with van der Waals surface area (Å²) in [6, 6.07) is 97.6. The predicted molar refractivity (Wildman–Crippen MR) is 386 cm³/mol. The van der Waals surface area contributed by atoms with Gasteiger partial charge in [-0.25, -0.2) is 0 Å². The number of benzene rings is 11. The monoisotopic (exact) mass is 1170 g/mol. The highest BCUT2D eigenvalue weighted by Crippen LogP contribution is 2.49. The lowest BCUT2D eigenvalue weighted by Crippen LogP contribution is -2.61.